The molecule has 2 aromatic carbocycles. The number of nitrogens with one attached hydrogen (secondary N) is 1. The summed E-state index contributed by atoms with van der Waals surface area (Å²) in [6.07, 6.45) is -0.680. The average Bonchev–Trinajstić information content (AvgIpc) is 2.96. The highest BCUT2D eigenvalue weighted by Gasteiger charge is 2.38. The van der Waals surface area contributed by atoms with E-state index < -0.39 is 29.4 Å². The van der Waals surface area contributed by atoms with Crippen LogP contribution in [0.1, 0.15) is 37.8 Å². The Bertz CT molecular complexity index is 1060. The average molecular weight is 481 g/mol. The number of hydrogen-bond donors (Lipinski definition) is 2. The van der Waals surface area contributed by atoms with Crippen molar-refractivity contribution >= 4 is 18.0 Å². The first-order valence-corrected chi connectivity index (χ1v) is 11.9. The highest BCUT2D eigenvalue weighted by Crippen LogP contribution is 2.44. The third-order valence-electron chi connectivity index (χ3n) is 6.65. The molecule has 1 unspecified atom stereocenters. The van der Waals surface area contributed by atoms with Gasteiger partial charge < -0.3 is 24.8 Å². The van der Waals surface area contributed by atoms with E-state index in [2.05, 4.69) is 17.4 Å². The van der Waals surface area contributed by atoms with E-state index in [0.717, 1.165) is 22.3 Å². The minimum absolute atomic E-state index is 0.0348. The molecule has 4 rings (SSSR count). The lowest BCUT2D eigenvalue weighted by molar-refractivity contribution is -0.144. The van der Waals surface area contributed by atoms with Crippen LogP contribution >= 0.6 is 0 Å². The van der Waals surface area contributed by atoms with E-state index in [0.29, 0.717) is 0 Å². The molecular formula is C27H32N2O6. The molecule has 35 heavy (non-hydrogen) atoms. The van der Waals surface area contributed by atoms with Gasteiger partial charge in [-0.2, -0.15) is 0 Å². The van der Waals surface area contributed by atoms with Crippen molar-refractivity contribution in [1.29, 1.82) is 0 Å². The number of carbonyl (C=O) groups excluding carboxylic acids is 2. The SMILES string of the molecule is CC(C)(C)[C@H](NC(=O)OCC1c2ccccc2-c2ccccc21)C(=O)N1CCOCC(C(=O)O)C1. The summed E-state index contributed by atoms with van der Waals surface area (Å²) in [5.41, 5.74) is 3.87. The normalized spacial score (nSPS) is 18.7. The standard InChI is InChI=1S/C27H32N2O6/c1-27(2,3)23(24(30)29-12-13-34-15-17(14-29)25(31)32)28-26(33)35-16-22-20-10-6-4-8-18(20)19-9-5-7-11-21(19)22/h4-11,17,22-23H,12-16H2,1-3H3,(H,28,33)(H,31,32)/t17?,23-/m1/s1. The number of amides is 2. The Balaban J connectivity index is 1.45. The van der Waals surface area contributed by atoms with Crippen molar-refractivity contribution in [2.45, 2.75) is 32.7 Å². The zero-order chi connectivity index (χ0) is 25.2. The quantitative estimate of drug-likeness (QED) is 0.679. The van der Waals surface area contributed by atoms with Gasteiger partial charge in [0, 0.05) is 19.0 Å². The van der Waals surface area contributed by atoms with E-state index in [4.69, 9.17) is 9.47 Å². The second kappa shape index (κ2) is 10.1. The summed E-state index contributed by atoms with van der Waals surface area (Å²) in [5, 5.41) is 12.2. The minimum atomic E-state index is -1.01. The van der Waals surface area contributed by atoms with Crippen LogP contribution in [-0.2, 0) is 19.1 Å². The minimum Gasteiger partial charge on any atom is -0.481 e. The van der Waals surface area contributed by atoms with Gasteiger partial charge in [0.2, 0.25) is 5.91 Å². The summed E-state index contributed by atoms with van der Waals surface area (Å²) in [4.78, 5) is 39.2. The summed E-state index contributed by atoms with van der Waals surface area (Å²) in [6, 6.07) is 15.3. The van der Waals surface area contributed by atoms with E-state index in [-0.39, 0.29) is 44.7 Å². The van der Waals surface area contributed by atoms with Crippen LogP contribution in [0.4, 0.5) is 4.79 Å². The third-order valence-corrected chi connectivity index (χ3v) is 6.65. The highest BCUT2D eigenvalue weighted by molar-refractivity contribution is 5.87. The molecule has 1 fully saturated rings. The number of fused-ring (bicyclic) bond motifs is 3. The second-order valence-corrected chi connectivity index (χ2v) is 10.2. The Hall–Kier alpha value is -3.39. The fourth-order valence-corrected chi connectivity index (χ4v) is 4.75. The summed E-state index contributed by atoms with van der Waals surface area (Å²) >= 11 is 0. The topological polar surface area (TPSA) is 105 Å². The summed E-state index contributed by atoms with van der Waals surface area (Å²) < 4.78 is 11.0. The van der Waals surface area contributed by atoms with Crippen molar-refractivity contribution in [2.75, 3.05) is 32.9 Å². The molecule has 1 saturated heterocycles. The molecule has 0 spiro atoms. The van der Waals surface area contributed by atoms with Gasteiger partial charge in [0.05, 0.1) is 19.1 Å². The zero-order valence-corrected chi connectivity index (χ0v) is 20.3. The zero-order valence-electron chi connectivity index (χ0n) is 20.3. The number of carbonyl (C=O) groups is 3. The number of hydrogen-bond acceptors (Lipinski definition) is 5. The molecule has 0 bridgehead atoms. The van der Waals surface area contributed by atoms with Crippen molar-refractivity contribution in [2.24, 2.45) is 11.3 Å². The Morgan fingerprint density at radius 2 is 1.69 bits per heavy atom. The molecule has 1 aliphatic heterocycles. The van der Waals surface area contributed by atoms with Gasteiger partial charge in [0.25, 0.3) is 0 Å². The van der Waals surface area contributed by atoms with Crippen LogP contribution in [0.15, 0.2) is 48.5 Å². The van der Waals surface area contributed by atoms with Crippen molar-refractivity contribution in [3.8, 4) is 11.1 Å². The molecule has 1 aliphatic carbocycles. The maximum absolute atomic E-state index is 13.4. The first-order chi connectivity index (χ1) is 16.7. The number of benzene rings is 2. The largest absolute Gasteiger partial charge is 0.481 e. The van der Waals surface area contributed by atoms with Gasteiger partial charge in [-0.15, -0.1) is 0 Å². The molecule has 8 nitrogen and oxygen atoms in total. The molecule has 0 saturated carbocycles. The first kappa shape index (κ1) is 24.7. The van der Waals surface area contributed by atoms with Crippen LogP contribution in [0.5, 0.6) is 0 Å². The molecule has 2 aromatic rings. The van der Waals surface area contributed by atoms with E-state index in [9.17, 15) is 19.5 Å². The second-order valence-electron chi connectivity index (χ2n) is 10.2. The number of carboxylic acid groups (broad SMARTS) is 1. The van der Waals surface area contributed by atoms with E-state index in [1.54, 1.807) is 0 Å². The van der Waals surface area contributed by atoms with Crippen LogP contribution < -0.4 is 5.32 Å². The van der Waals surface area contributed by atoms with Crippen LogP contribution in [-0.4, -0.2) is 66.9 Å². The Labute approximate surface area is 205 Å². The lowest BCUT2D eigenvalue weighted by Gasteiger charge is -2.34. The third kappa shape index (κ3) is 5.32. The molecule has 2 amide bonds. The van der Waals surface area contributed by atoms with Gasteiger partial charge in [0.1, 0.15) is 12.6 Å². The number of rotatable bonds is 5. The van der Waals surface area contributed by atoms with Crippen LogP contribution in [0.3, 0.4) is 0 Å². The van der Waals surface area contributed by atoms with Gasteiger partial charge in [-0.3, -0.25) is 9.59 Å². The predicted molar refractivity (Wildman–Crippen MR) is 130 cm³/mol. The number of alkyl carbamates (subject to hydrolysis) is 1. The fraction of sp³-hybridized carbons (Fsp3) is 0.444. The molecule has 0 aromatic heterocycles. The summed E-state index contributed by atoms with van der Waals surface area (Å²) in [7, 11) is 0. The van der Waals surface area contributed by atoms with Gasteiger partial charge >= 0.3 is 12.1 Å². The molecule has 2 N–H and O–H groups in total. The molecule has 0 radical (unpaired) electrons. The Morgan fingerprint density at radius 1 is 1.09 bits per heavy atom. The Morgan fingerprint density at radius 3 is 2.26 bits per heavy atom. The van der Waals surface area contributed by atoms with Crippen molar-refractivity contribution in [3.63, 3.8) is 0 Å². The maximum atomic E-state index is 13.4. The monoisotopic (exact) mass is 480 g/mol. The predicted octanol–water partition coefficient (Wildman–Crippen LogP) is 3.50. The molecule has 2 atom stereocenters. The van der Waals surface area contributed by atoms with Gasteiger partial charge in [-0.1, -0.05) is 69.3 Å². The maximum Gasteiger partial charge on any atom is 0.407 e. The molecular weight excluding hydrogens is 448 g/mol. The number of carboxylic acids is 1. The molecule has 8 heteroatoms. The van der Waals surface area contributed by atoms with Gasteiger partial charge in [0.15, 0.2) is 0 Å². The van der Waals surface area contributed by atoms with Crippen molar-refractivity contribution < 1.29 is 29.0 Å². The summed E-state index contributed by atoms with van der Waals surface area (Å²) in [6.45, 7) is 6.29. The highest BCUT2D eigenvalue weighted by atomic mass is 16.5. The first-order valence-electron chi connectivity index (χ1n) is 11.9. The van der Waals surface area contributed by atoms with Crippen LogP contribution in [0, 0.1) is 11.3 Å². The van der Waals surface area contributed by atoms with E-state index in [1.165, 1.54) is 4.90 Å². The lowest BCUT2D eigenvalue weighted by Crippen LogP contribution is -2.56. The lowest BCUT2D eigenvalue weighted by atomic mass is 9.85. The van der Waals surface area contributed by atoms with Gasteiger partial charge in [-0.25, -0.2) is 4.79 Å². The molecule has 186 valence electrons. The number of aliphatic carboxylic acids is 1. The molecule has 2 aliphatic rings. The summed E-state index contributed by atoms with van der Waals surface area (Å²) in [5.74, 6) is -2.25. The van der Waals surface area contributed by atoms with Crippen LogP contribution in [0.2, 0.25) is 0 Å². The molecule has 1 heterocycles. The van der Waals surface area contributed by atoms with Crippen molar-refractivity contribution in [1.82, 2.24) is 10.2 Å². The smallest absolute Gasteiger partial charge is 0.407 e. The van der Waals surface area contributed by atoms with Gasteiger partial charge in [-0.05, 0) is 27.7 Å². The van der Waals surface area contributed by atoms with E-state index in [1.807, 2.05) is 57.2 Å². The Kier molecular flexibility index (Phi) is 7.12. The number of nitrogens with zero attached hydrogens (tertiary/aromatic N) is 1. The number of ether oxygens (including phenoxy) is 2. The van der Waals surface area contributed by atoms with Crippen molar-refractivity contribution in [3.05, 3.63) is 59.7 Å². The fourth-order valence-electron chi connectivity index (χ4n) is 4.75. The van der Waals surface area contributed by atoms with Crippen LogP contribution in [0.25, 0.3) is 11.1 Å². The van der Waals surface area contributed by atoms with E-state index >= 15 is 0 Å².